The summed E-state index contributed by atoms with van der Waals surface area (Å²) in [6.45, 7) is 0.195. The van der Waals surface area contributed by atoms with Gasteiger partial charge >= 0.3 is 0 Å². The molecule has 0 aromatic heterocycles. The molecule has 4 aliphatic rings. The summed E-state index contributed by atoms with van der Waals surface area (Å²) in [5, 5.41) is 44.1. The summed E-state index contributed by atoms with van der Waals surface area (Å²) in [7, 11) is 0. The van der Waals surface area contributed by atoms with Crippen molar-refractivity contribution >= 4 is 0 Å². The second-order valence-electron chi connectivity index (χ2n) is 8.99. The normalized spacial score (nSPS) is 59.5. The standard InChI is InChI=1S/C18H28O8/c19-11-15-3-1-4-16(15)8-24-14(22)18(10-26-12(16)20)6-2-5-17(18,9-25-11)13(21)23-7-15/h11-14,19-22H,1-10H2/t11?,12?,13?,14?,15-,16-,17-,18-/m0/s1. The molecule has 4 spiro atoms. The first-order valence-electron chi connectivity index (χ1n) is 9.61. The fraction of sp³-hybridized carbons (Fsp3) is 1.00. The molecular weight excluding hydrogens is 344 g/mol. The first kappa shape index (κ1) is 17.8. The van der Waals surface area contributed by atoms with Crippen molar-refractivity contribution in [2.24, 2.45) is 21.7 Å². The Morgan fingerprint density at radius 3 is 0.923 bits per heavy atom. The molecule has 0 amide bonds. The van der Waals surface area contributed by atoms with E-state index in [2.05, 4.69) is 0 Å². The van der Waals surface area contributed by atoms with E-state index in [4.69, 9.17) is 18.9 Å². The van der Waals surface area contributed by atoms with E-state index >= 15 is 0 Å². The fourth-order valence-corrected chi connectivity index (χ4v) is 6.61. The molecule has 2 aliphatic heterocycles. The fourth-order valence-electron chi connectivity index (χ4n) is 6.61. The van der Waals surface area contributed by atoms with Gasteiger partial charge in [-0.05, 0) is 25.7 Å². The molecule has 26 heavy (non-hydrogen) atoms. The predicted octanol–water partition coefficient (Wildman–Crippen LogP) is -0.319. The monoisotopic (exact) mass is 372 g/mol. The van der Waals surface area contributed by atoms with Crippen LogP contribution >= 0.6 is 0 Å². The number of aliphatic hydroxyl groups is 4. The van der Waals surface area contributed by atoms with Crippen molar-refractivity contribution in [2.75, 3.05) is 26.4 Å². The lowest BCUT2D eigenvalue weighted by Crippen LogP contribution is -2.69. The van der Waals surface area contributed by atoms with Crippen molar-refractivity contribution in [2.45, 2.75) is 63.7 Å². The maximum absolute atomic E-state index is 11.0. The molecule has 4 N–H and O–H groups in total. The first-order chi connectivity index (χ1) is 12.4. The van der Waals surface area contributed by atoms with E-state index in [0.717, 1.165) is 12.8 Å². The number of rotatable bonds is 0. The van der Waals surface area contributed by atoms with Gasteiger partial charge in [-0.1, -0.05) is 12.8 Å². The van der Waals surface area contributed by atoms with Gasteiger partial charge in [-0.15, -0.1) is 0 Å². The molecule has 8 heteroatoms. The lowest BCUT2D eigenvalue weighted by atomic mass is 9.60. The summed E-state index contributed by atoms with van der Waals surface area (Å²) in [6, 6.07) is 0. The molecule has 8 atom stereocenters. The van der Waals surface area contributed by atoms with Crippen molar-refractivity contribution in [3.8, 4) is 0 Å². The van der Waals surface area contributed by atoms with Crippen molar-refractivity contribution in [3.63, 3.8) is 0 Å². The Balaban J connectivity index is 1.74. The van der Waals surface area contributed by atoms with E-state index < -0.39 is 46.8 Å². The number of fused-ring (bicyclic) bond motifs is 2. The zero-order valence-corrected chi connectivity index (χ0v) is 14.8. The van der Waals surface area contributed by atoms with Crippen molar-refractivity contribution < 1.29 is 39.4 Å². The predicted molar refractivity (Wildman–Crippen MR) is 85.3 cm³/mol. The van der Waals surface area contributed by atoms with Crippen LogP contribution in [0.2, 0.25) is 0 Å². The average Bonchev–Trinajstić information content (AvgIpc) is 3.20. The Labute approximate surface area is 152 Å². The van der Waals surface area contributed by atoms with E-state index in [9.17, 15) is 20.4 Å². The molecule has 2 saturated heterocycles. The minimum Gasteiger partial charge on any atom is -0.367 e. The minimum atomic E-state index is -1.16. The highest BCUT2D eigenvalue weighted by Gasteiger charge is 2.72. The highest BCUT2D eigenvalue weighted by atomic mass is 16.7. The maximum atomic E-state index is 11.0. The number of hydrogen-bond donors (Lipinski definition) is 4. The highest BCUT2D eigenvalue weighted by molar-refractivity contribution is 5.13. The molecule has 2 saturated carbocycles. The Kier molecular flexibility index (Phi) is 3.83. The van der Waals surface area contributed by atoms with Gasteiger partial charge in [-0.25, -0.2) is 0 Å². The SMILES string of the molecule is OC1OC[C@]23CCC[C@@]24COC(O)[C@]2(CCC[C@]12COC3O)COC4O. The Morgan fingerprint density at radius 1 is 0.462 bits per heavy atom. The topological polar surface area (TPSA) is 118 Å². The van der Waals surface area contributed by atoms with Crippen molar-refractivity contribution in [3.05, 3.63) is 0 Å². The Bertz CT molecular complexity index is 490. The van der Waals surface area contributed by atoms with E-state index in [1.807, 2.05) is 0 Å². The Morgan fingerprint density at radius 2 is 0.692 bits per heavy atom. The summed E-state index contributed by atoms with van der Waals surface area (Å²) >= 11 is 0. The van der Waals surface area contributed by atoms with Gasteiger partial charge in [-0.3, -0.25) is 0 Å². The van der Waals surface area contributed by atoms with Crippen LogP contribution in [0, 0.1) is 21.7 Å². The van der Waals surface area contributed by atoms with E-state index in [0.29, 0.717) is 25.7 Å². The summed E-state index contributed by atoms with van der Waals surface area (Å²) in [5.74, 6) is 0. The van der Waals surface area contributed by atoms with Gasteiger partial charge in [0.1, 0.15) is 0 Å². The quantitative estimate of drug-likeness (QED) is 0.457. The largest absolute Gasteiger partial charge is 0.367 e. The third kappa shape index (κ3) is 1.83. The molecule has 8 nitrogen and oxygen atoms in total. The highest BCUT2D eigenvalue weighted by Crippen LogP contribution is 2.65. The van der Waals surface area contributed by atoms with Crippen LogP contribution in [-0.4, -0.2) is 72.0 Å². The zero-order chi connectivity index (χ0) is 18.2. The summed E-state index contributed by atoms with van der Waals surface area (Å²) in [4.78, 5) is 0. The third-order valence-electron chi connectivity index (χ3n) is 8.36. The molecule has 0 radical (unpaired) electrons. The second kappa shape index (κ2) is 5.61. The molecule has 4 fully saturated rings. The van der Waals surface area contributed by atoms with Crippen LogP contribution in [0.3, 0.4) is 0 Å². The van der Waals surface area contributed by atoms with Crippen LogP contribution in [0.25, 0.3) is 0 Å². The molecule has 4 rings (SSSR count). The minimum absolute atomic E-state index is 0.0486. The molecule has 2 heterocycles. The summed E-state index contributed by atoms with van der Waals surface area (Å²) < 4.78 is 23.9. The van der Waals surface area contributed by atoms with E-state index in [1.54, 1.807) is 0 Å². The zero-order valence-electron chi connectivity index (χ0n) is 14.8. The first-order valence-corrected chi connectivity index (χ1v) is 9.61. The van der Waals surface area contributed by atoms with Gasteiger partial charge in [0.25, 0.3) is 0 Å². The van der Waals surface area contributed by atoms with Crippen LogP contribution in [0.1, 0.15) is 38.5 Å². The third-order valence-corrected chi connectivity index (χ3v) is 8.36. The second-order valence-corrected chi connectivity index (χ2v) is 8.99. The Hall–Kier alpha value is -0.320. The van der Waals surface area contributed by atoms with Gasteiger partial charge in [0.15, 0.2) is 25.2 Å². The molecule has 4 unspecified atom stereocenters. The van der Waals surface area contributed by atoms with Crippen molar-refractivity contribution in [1.29, 1.82) is 0 Å². The van der Waals surface area contributed by atoms with Crippen LogP contribution in [0.4, 0.5) is 0 Å². The van der Waals surface area contributed by atoms with E-state index in [1.165, 1.54) is 0 Å². The smallest absolute Gasteiger partial charge is 0.163 e. The van der Waals surface area contributed by atoms with Gasteiger partial charge in [0.2, 0.25) is 0 Å². The van der Waals surface area contributed by atoms with Gasteiger partial charge in [-0.2, -0.15) is 0 Å². The number of ether oxygens (including phenoxy) is 4. The van der Waals surface area contributed by atoms with Crippen molar-refractivity contribution in [1.82, 2.24) is 0 Å². The number of hydrogen-bond acceptors (Lipinski definition) is 8. The van der Waals surface area contributed by atoms with E-state index in [-0.39, 0.29) is 26.4 Å². The van der Waals surface area contributed by atoms with Gasteiger partial charge in [0, 0.05) is 0 Å². The van der Waals surface area contributed by atoms with Gasteiger partial charge < -0.3 is 39.4 Å². The molecule has 0 bridgehead atoms. The summed E-state index contributed by atoms with van der Waals surface area (Å²) in [5.41, 5.74) is -3.87. The molecular formula is C18H28O8. The van der Waals surface area contributed by atoms with Crippen LogP contribution < -0.4 is 0 Å². The van der Waals surface area contributed by atoms with Gasteiger partial charge in [0.05, 0.1) is 48.1 Å². The van der Waals surface area contributed by atoms with Crippen LogP contribution in [0.15, 0.2) is 0 Å². The molecule has 0 aromatic rings. The molecule has 148 valence electrons. The maximum Gasteiger partial charge on any atom is 0.163 e. The van der Waals surface area contributed by atoms with Crippen LogP contribution in [-0.2, 0) is 18.9 Å². The average molecular weight is 372 g/mol. The molecule has 0 aromatic carbocycles. The molecule has 2 aliphatic carbocycles. The summed E-state index contributed by atoms with van der Waals surface area (Å²) in [6.07, 6.45) is -0.974. The van der Waals surface area contributed by atoms with Crippen LogP contribution in [0.5, 0.6) is 0 Å². The lowest BCUT2D eigenvalue weighted by molar-refractivity contribution is -0.405. The lowest BCUT2D eigenvalue weighted by Gasteiger charge is -2.60. The number of aliphatic hydroxyl groups excluding tert-OH is 4.